The summed E-state index contributed by atoms with van der Waals surface area (Å²) in [5, 5.41) is 23.6. The zero-order valence-corrected chi connectivity index (χ0v) is 73.9. The number of benzene rings is 3. The van der Waals surface area contributed by atoms with Crippen LogP contribution in [-0.2, 0) is 33.6 Å². The molecule has 2 N–H and O–H groups in total. The van der Waals surface area contributed by atoms with Crippen molar-refractivity contribution in [2.24, 2.45) is 72.4 Å². The van der Waals surface area contributed by atoms with E-state index in [1.54, 1.807) is 72.8 Å². The van der Waals surface area contributed by atoms with Gasteiger partial charge < -0.3 is 10.2 Å². The molecule has 0 amide bonds. The molecular formula is C101H135IO12. The monoisotopic (exact) mass is 1670 g/mol. The van der Waals surface area contributed by atoms with Crippen molar-refractivity contribution < 1.29 is 58.2 Å². The van der Waals surface area contributed by atoms with E-state index in [1.165, 1.54) is 0 Å². The third kappa shape index (κ3) is 17.6. The predicted octanol–water partition coefficient (Wildman–Crippen LogP) is 25.0. The lowest BCUT2D eigenvalue weighted by molar-refractivity contribution is -0.179. The second-order valence-electron chi connectivity index (χ2n) is 36.5. The molecule has 4 saturated carbocycles. The van der Waals surface area contributed by atoms with Gasteiger partial charge >= 0.3 is 0 Å². The Hall–Kier alpha value is -8.17. The zero-order valence-electron chi connectivity index (χ0n) is 71.5. The topological polar surface area (TPSA) is 211 Å². The van der Waals surface area contributed by atoms with E-state index in [2.05, 4.69) is 18.2 Å². The van der Waals surface area contributed by atoms with Gasteiger partial charge in [-0.3, -0.25) is 47.9 Å². The van der Waals surface area contributed by atoms with E-state index in [4.69, 9.17) is 0 Å². The summed E-state index contributed by atoms with van der Waals surface area (Å²) < 4.78 is 0. The maximum Gasteiger partial charge on any atom is 0.184 e. The van der Waals surface area contributed by atoms with Gasteiger partial charge in [0.15, 0.2) is 74.1 Å². The van der Waals surface area contributed by atoms with Gasteiger partial charge in [-0.2, -0.15) is 0 Å². The molecule has 0 aromatic heterocycles. The number of aliphatic hydroxyl groups excluding tert-OH is 2. The van der Waals surface area contributed by atoms with Gasteiger partial charge in [0.2, 0.25) is 0 Å². The number of ketones is 10. The summed E-state index contributed by atoms with van der Waals surface area (Å²) in [4.78, 5) is 146. The molecular weight excluding hydrogens is 1530 g/mol. The Kier molecular flexibility index (Phi) is 33.0. The molecule has 3 aromatic carbocycles. The van der Waals surface area contributed by atoms with Crippen molar-refractivity contribution in [3.8, 4) is 0 Å². The van der Waals surface area contributed by atoms with Crippen LogP contribution in [0.25, 0.3) is 0 Å². The summed E-state index contributed by atoms with van der Waals surface area (Å²) in [6.07, 6.45) is 22.1. The van der Waals surface area contributed by atoms with Crippen LogP contribution in [0.2, 0.25) is 0 Å². The maximum atomic E-state index is 14.8. The number of Topliss-reactive ketones (excluding diaryl/α,β-unsaturated/α-hetero) is 10. The molecule has 6 bridgehead atoms. The molecule has 10 atom stereocenters. The number of aliphatic hydroxyl groups is 2. The van der Waals surface area contributed by atoms with Gasteiger partial charge in [-0.1, -0.05) is 252 Å². The number of carbonyl (C=O) groups is 10. The van der Waals surface area contributed by atoms with Crippen LogP contribution < -0.4 is 0 Å². The Labute approximate surface area is 701 Å². The number of halogens is 1. The van der Waals surface area contributed by atoms with Gasteiger partial charge in [0, 0.05) is 27.8 Å². The number of hydrogen-bond acceptors (Lipinski definition) is 12. The fourth-order valence-electron chi connectivity index (χ4n) is 18.7. The highest BCUT2D eigenvalue weighted by Crippen LogP contribution is 2.69. The number of fused-ring (bicyclic) bond motifs is 6. The molecule has 6 aliphatic carbocycles. The second kappa shape index (κ2) is 38.3. The fourth-order valence-corrected chi connectivity index (χ4v) is 18.7. The van der Waals surface area contributed by atoms with E-state index >= 15 is 0 Å². The number of carbonyl (C=O) groups excluding carboxylic acids is 10. The summed E-state index contributed by atoms with van der Waals surface area (Å²) >= 11 is 0. The van der Waals surface area contributed by atoms with Crippen LogP contribution in [-0.4, -0.2) is 68.0 Å². The summed E-state index contributed by atoms with van der Waals surface area (Å²) in [6, 6.07) is 26.0. The SMILES string of the molecule is C.C.CC(C)=CCC1=C(O)C2(CC=C(C)C)CC(CC=C(C)C)C(C)(C)C(C(=O)c3ccccc3)(C1=O)C2=O.CC(C)=CCC1=C(O)C2(CC=C(C)C)CC(CC=C(C)C)C(C)(C)C(C(=O)c3ccccc3)(C1=O)C2=O.CC(C)=CCC1C(=O)C2(CC=C(C)C)CC(CC=C(C)C)C(C)(C)C(C(=O)c3ccccc3)(C1=O)C2=O.I. The van der Waals surface area contributed by atoms with Crippen LogP contribution in [0.5, 0.6) is 0 Å². The van der Waals surface area contributed by atoms with Crippen molar-refractivity contribution in [3.63, 3.8) is 0 Å². The first kappa shape index (κ1) is 98.2. The molecule has 0 aliphatic heterocycles. The molecule has 0 spiro atoms. The lowest BCUT2D eigenvalue weighted by atomic mass is 9.37. The number of rotatable bonds is 24. The lowest BCUT2D eigenvalue weighted by Crippen LogP contribution is -2.73. The molecule has 3 aromatic rings. The van der Waals surface area contributed by atoms with Crippen LogP contribution in [0, 0.1) is 72.4 Å². The highest BCUT2D eigenvalue weighted by molar-refractivity contribution is 14.0. The summed E-state index contributed by atoms with van der Waals surface area (Å²) in [5.74, 6) is -6.55. The molecule has 6 aliphatic rings. The maximum absolute atomic E-state index is 14.8. The van der Waals surface area contributed by atoms with Gasteiger partial charge in [0.1, 0.15) is 11.5 Å². The van der Waals surface area contributed by atoms with Crippen molar-refractivity contribution in [3.05, 3.63) is 235 Å². The van der Waals surface area contributed by atoms with Crippen molar-refractivity contribution in [2.45, 2.75) is 258 Å². The highest BCUT2D eigenvalue weighted by atomic mass is 127. The standard InChI is InChI=1S/3C33H42O4.2CH4.HI/c3*1-21(2)14-16-25-20-32(19-18-23(5)6)28(35)26(17-15-22(3)4)29(36)33(30(32)37,31(25,7)8)27(34)24-12-10-9-11-13-24;;;/h2*9-15,18,25,35H,16-17,19-20H2,1-8H3;9-15,18,25-26H,16-17,19-20H2,1-8H3;2*1H4;1H. The quantitative estimate of drug-likeness (QED) is 0.0371. The first-order valence-corrected chi connectivity index (χ1v) is 39.9. The second-order valence-corrected chi connectivity index (χ2v) is 36.5. The molecule has 0 heterocycles. The fraction of sp³-hybridized carbons (Fsp3) is 0.505. The number of hydrogen-bond donors (Lipinski definition) is 2. The number of allylic oxidation sites excluding steroid dienone is 22. The minimum Gasteiger partial charge on any atom is -0.511 e. The molecule has 618 valence electrons. The van der Waals surface area contributed by atoms with Gasteiger partial charge in [-0.25, -0.2) is 0 Å². The minimum absolute atomic E-state index is 0. The third-order valence-corrected chi connectivity index (χ3v) is 25.6. The van der Waals surface area contributed by atoms with Gasteiger partial charge in [0.05, 0.1) is 22.2 Å². The minimum atomic E-state index is -1.92. The van der Waals surface area contributed by atoms with Crippen molar-refractivity contribution in [1.82, 2.24) is 0 Å². The van der Waals surface area contributed by atoms with E-state index in [1.807, 2.05) is 221 Å². The zero-order chi connectivity index (χ0) is 83.3. The van der Waals surface area contributed by atoms with Crippen LogP contribution in [0.1, 0.15) is 289 Å². The molecule has 4 fully saturated rings. The van der Waals surface area contributed by atoms with Crippen LogP contribution in [0.3, 0.4) is 0 Å². The summed E-state index contributed by atoms with van der Waals surface area (Å²) in [6.45, 7) is 46.8. The normalized spacial score (nSPS) is 26.4. The van der Waals surface area contributed by atoms with E-state index in [-0.39, 0.29) is 124 Å². The largest absolute Gasteiger partial charge is 0.511 e. The van der Waals surface area contributed by atoms with Gasteiger partial charge in [0.25, 0.3) is 0 Å². The van der Waals surface area contributed by atoms with E-state index < -0.39 is 107 Å². The first-order valence-electron chi connectivity index (χ1n) is 39.9. The third-order valence-electron chi connectivity index (χ3n) is 25.6. The Balaban J connectivity index is 0.000000356. The molecule has 12 nitrogen and oxygen atoms in total. The first-order chi connectivity index (χ1) is 51.7. The molecule has 0 radical (unpaired) electrons. The predicted molar refractivity (Wildman–Crippen MR) is 476 cm³/mol. The molecule has 9 rings (SSSR count). The Morgan fingerprint density at radius 3 is 0.851 bits per heavy atom. The summed E-state index contributed by atoms with van der Waals surface area (Å²) in [5.41, 5.74) is -1.87. The highest BCUT2D eigenvalue weighted by Gasteiger charge is 2.79. The Morgan fingerprint density at radius 1 is 0.333 bits per heavy atom. The van der Waals surface area contributed by atoms with Crippen molar-refractivity contribution >= 4 is 81.8 Å². The Bertz CT molecular complexity index is 4340. The van der Waals surface area contributed by atoms with Crippen molar-refractivity contribution in [1.29, 1.82) is 0 Å². The van der Waals surface area contributed by atoms with Gasteiger partial charge in [-0.05, 0) is 236 Å². The molecule has 114 heavy (non-hydrogen) atoms. The van der Waals surface area contributed by atoms with Crippen LogP contribution in [0.15, 0.2) is 219 Å². The van der Waals surface area contributed by atoms with Crippen LogP contribution in [0.4, 0.5) is 0 Å². The lowest BCUT2D eigenvalue weighted by Gasteiger charge is -2.60. The Morgan fingerprint density at radius 2 is 0.570 bits per heavy atom. The van der Waals surface area contributed by atoms with E-state index in [0.717, 1.165) is 50.2 Å². The van der Waals surface area contributed by atoms with E-state index in [0.29, 0.717) is 55.2 Å². The van der Waals surface area contributed by atoms with Crippen LogP contribution >= 0.6 is 24.0 Å². The average Bonchev–Trinajstić information content (AvgIpc) is 0.683. The van der Waals surface area contributed by atoms with Gasteiger partial charge in [-0.15, -0.1) is 24.0 Å². The molecule has 13 heteroatoms. The average molecular weight is 1670 g/mol. The summed E-state index contributed by atoms with van der Waals surface area (Å²) in [7, 11) is 0. The van der Waals surface area contributed by atoms with E-state index in [9.17, 15) is 58.2 Å². The molecule has 0 saturated heterocycles. The smallest absolute Gasteiger partial charge is 0.184 e. The van der Waals surface area contributed by atoms with Crippen molar-refractivity contribution in [2.75, 3.05) is 0 Å². The molecule has 10 unspecified atom stereocenters.